The summed E-state index contributed by atoms with van der Waals surface area (Å²) in [4.78, 5) is 18.7. The van der Waals surface area contributed by atoms with Crippen LogP contribution in [0.15, 0.2) is 24.3 Å². The van der Waals surface area contributed by atoms with Crippen molar-refractivity contribution in [2.45, 2.75) is 52.4 Å². The lowest BCUT2D eigenvalue weighted by Gasteiger charge is -2.34. The van der Waals surface area contributed by atoms with E-state index in [1.807, 2.05) is 45.0 Å². The van der Waals surface area contributed by atoms with Crippen molar-refractivity contribution in [1.82, 2.24) is 14.5 Å². The van der Waals surface area contributed by atoms with E-state index in [0.29, 0.717) is 18.3 Å². The molecule has 1 aromatic carbocycles. The minimum absolute atomic E-state index is 0.0861. The quantitative estimate of drug-likeness (QED) is 0.928. The normalized spacial score (nSPS) is 18.6. The molecule has 0 bridgehead atoms. The number of benzene rings is 1. The van der Waals surface area contributed by atoms with Crippen molar-refractivity contribution in [3.05, 3.63) is 30.1 Å². The lowest BCUT2D eigenvalue weighted by molar-refractivity contribution is 0.0157. The molecular formula is C19H27N3O3. The average molecular weight is 345 g/mol. The Kier molecular flexibility index (Phi) is 4.99. The van der Waals surface area contributed by atoms with E-state index in [1.165, 1.54) is 0 Å². The molecule has 1 saturated heterocycles. The van der Waals surface area contributed by atoms with Gasteiger partial charge in [0.15, 0.2) is 0 Å². The van der Waals surface area contributed by atoms with Crippen molar-refractivity contribution in [3.8, 4) is 0 Å². The molecule has 0 radical (unpaired) electrons. The zero-order valence-corrected chi connectivity index (χ0v) is 15.2. The number of carbonyl (C=O) groups is 1. The van der Waals surface area contributed by atoms with Crippen molar-refractivity contribution in [2.75, 3.05) is 13.1 Å². The highest BCUT2D eigenvalue weighted by Crippen LogP contribution is 2.24. The summed E-state index contributed by atoms with van der Waals surface area (Å²) in [6.07, 6.45) is 1.77. The number of carbonyl (C=O) groups excluding carboxylic acids is 1. The van der Waals surface area contributed by atoms with Gasteiger partial charge in [-0.15, -0.1) is 0 Å². The van der Waals surface area contributed by atoms with Gasteiger partial charge in [0.2, 0.25) is 0 Å². The van der Waals surface area contributed by atoms with Crippen LogP contribution in [0.3, 0.4) is 0 Å². The Morgan fingerprint density at radius 2 is 2.12 bits per heavy atom. The Labute approximate surface area is 148 Å². The molecule has 0 saturated carbocycles. The summed E-state index contributed by atoms with van der Waals surface area (Å²) in [5.41, 5.74) is 1.45. The largest absolute Gasteiger partial charge is 0.444 e. The van der Waals surface area contributed by atoms with Crippen LogP contribution in [0.1, 0.15) is 39.4 Å². The third kappa shape index (κ3) is 4.12. The van der Waals surface area contributed by atoms with Gasteiger partial charge in [0.25, 0.3) is 0 Å². The second kappa shape index (κ2) is 7.04. The molecule has 1 unspecified atom stereocenters. The highest BCUT2D eigenvalue weighted by molar-refractivity contribution is 5.75. The van der Waals surface area contributed by atoms with E-state index in [1.54, 1.807) is 4.90 Å². The molecule has 1 amide bonds. The Hall–Kier alpha value is -2.08. The van der Waals surface area contributed by atoms with Gasteiger partial charge in [0.05, 0.1) is 11.0 Å². The molecule has 2 heterocycles. The number of aliphatic hydroxyl groups is 1. The fourth-order valence-corrected chi connectivity index (χ4v) is 3.41. The Bertz CT molecular complexity index is 748. The average Bonchev–Trinajstić information content (AvgIpc) is 2.91. The number of imidazole rings is 1. The molecule has 6 nitrogen and oxygen atoms in total. The van der Waals surface area contributed by atoms with Crippen LogP contribution < -0.4 is 0 Å². The summed E-state index contributed by atoms with van der Waals surface area (Å²) >= 11 is 0. The first kappa shape index (κ1) is 17.7. The molecule has 2 aromatic rings. The minimum atomic E-state index is -0.478. The third-order valence-electron chi connectivity index (χ3n) is 4.49. The number of fused-ring (bicyclic) bond motifs is 1. The van der Waals surface area contributed by atoms with E-state index in [9.17, 15) is 9.90 Å². The van der Waals surface area contributed by atoms with Crippen molar-refractivity contribution in [3.63, 3.8) is 0 Å². The Morgan fingerprint density at radius 3 is 2.84 bits per heavy atom. The van der Waals surface area contributed by atoms with Gasteiger partial charge < -0.3 is 19.3 Å². The van der Waals surface area contributed by atoms with Gasteiger partial charge in [-0.3, -0.25) is 0 Å². The van der Waals surface area contributed by atoms with E-state index in [4.69, 9.17) is 4.74 Å². The maximum atomic E-state index is 12.3. The van der Waals surface area contributed by atoms with E-state index in [-0.39, 0.29) is 12.7 Å². The molecule has 6 heteroatoms. The van der Waals surface area contributed by atoms with Gasteiger partial charge >= 0.3 is 6.09 Å². The number of aliphatic hydroxyl groups excluding tert-OH is 1. The molecule has 1 fully saturated rings. The molecule has 1 atom stereocenters. The Balaban J connectivity index is 1.74. The summed E-state index contributed by atoms with van der Waals surface area (Å²) in [7, 11) is 0. The van der Waals surface area contributed by atoms with Gasteiger partial charge in [-0.2, -0.15) is 0 Å². The highest BCUT2D eigenvalue weighted by atomic mass is 16.6. The van der Waals surface area contributed by atoms with Gasteiger partial charge in [0, 0.05) is 19.6 Å². The van der Waals surface area contributed by atoms with Crippen molar-refractivity contribution < 1.29 is 14.6 Å². The van der Waals surface area contributed by atoms with Crippen LogP contribution in [-0.4, -0.2) is 44.3 Å². The Morgan fingerprint density at radius 1 is 1.36 bits per heavy atom. The van der Waals surface area contributed by atoms with E-state index in [0.717, 1.165) is 37.0 Å². The summed E-state index contributed by atoms with van der Waals surface area (Å²) < 4.78 is 7.59. The second-order valence-electron chi connectivity index (χ2n) is 7.72. The third-order valence-corrected chi connectivity index (χ3v) is 4.49. The molecule has 3 rings (SSSR count). The first-order chi connectivity index (χ1) is 11.9. The van der Waals surface area contributed by atoms with Crippen LogP contribution in [0.5, 0.6) is 0 Å². The SMILES string of the molecule is CC(C)(C)OC(=O)N1CCCC(Cn2c(CO)nc3ccccc32)C1. The van der Waals surface area contributed by atoms with Crippen LogP contribution in [0, 0.1) is 5.92 Å². The number of likely N-dealkylation sites (tertiary alicyclic amines) is 1. The smallest absolute Gasteiger partial charge is 0.410 e. The van der Waals surface area contributed by atoms with E-state index >= 15 is 0 Å². The lowest BCUT2D eigenvalue weighted by atomic mass is 9.98. The van der Waals surface area contributed by atoms with E-state index < -0.39 is 5.60 Å². The van der Waals surface area contributed by atoms with Crippen LogP contribution in [0.25, 0.3) is 11.0 Å². The fourth-order valence-electron chi connectivity index (χ4n) is 3.41. The predicted octanol–water partition coefficient (Wildman–Crippen LogP) is 3.18. The summed E-state index contributed by atoms with van der Waals surface area (Å²) in [5, 5.41) is 9.65. The summed E-state index contributed by atoms with van der Waals surface area (Å²) in [6.45, 7) is 7.73. The lowest BCUT2D eigenvalue weighted by Crippen LogP contribution is -2.43. The molecule has 0 spiro atoms. The number of amides is 1. The zero-order valence-electron chi connectivity index (χ0n) is 15.2. The van der Waals surface area contributed by atoms with Gasteiger partial charge in [-0.25, -0.2) is 9.78 Å². The first-order valence-electron chi connectivity index (χ1n) is 8.90. The van der Waals surface area contributed by atoms with Gasteiger partial charge in [-0.05, 0) is 51.7 Å². The van der Waals surface area contributed by atoms with Crippen molar-refractivity contribution in [1.29, 1.82) is 0 Å². The van der Waals surface area contributed by atoms with Crippen molar-refractivity contribution in [2.24, 2.45) is 5.92 Å². The predicted molar refractivity (Wildman–Crippen MR) is 96.2 cm³/mol. The maximum absolute atomic E-state index is 12.3. The summed E-state index contributed by atoms with van der Waals surface area (Å²) in [6, 6.07) is 7.91. The van der Waals surface area contributed by atoms with Crippen LogP contribution in [0.4, 0.5) is 4.79 Å². The molecule has 0 aliphatic carbocycles. The molecule has 1 aromatic heterocycles. The maximum Gasteiger partial charge on any atom is 0.410 e. The highest BCUT2D eigenvalue weighted by Gasteiger charge is 2.28. The van der Waals surface area contributed by atoms with E-state index in [2.05, 4.69) is 9.55 Å². The number of piperidine rings is 1. The second-order valence-corrected chi connectivity index (χ2v) is 7.72. The number of hydrogen-bond acceptors (Lipinski definition) is 4. The monoisotopic (exact) mass is 345 g/mol. The fraction of sp³-hybridized carbons (Fsp3) is 0.579. The van der Waals surface area contributed by atoms with Gasteiger partial charge in [-0.1, -0.05) is 12.1 Å². The number of rotatable bonds is 3. The molecular weight excluding hydrogens is 318 g/mol. The number of nitrogens with zero attached hydrogens (tertiary/aromatic N) is 3. The van der Waals surface area contributed by atoms with Crippen molar-refractivity contribution >= 4 is 17.1 Å². The summed E-state index contributed by atoms with van der Waals surface area (Å²) in [5.74, 6) is 1.000. The topological polar surface area (TPSA) is 67.6 Å². The van der Waals surface area contributed by atoms with Crippen LogP contribution in [-0.2, 0) is 17.9 Å². The standard InChI is InChI=1S/C19H27N3O3/c1-19(2,3)25-18(24)21-10-6-7-14(11-21)12-22-16-9-5-4-8-15(16)20-17(22)13-23/h4-5,8-9,14,23H,6-7,10-13H2,1-3H3. The number of ether oxygens (including phenoxy) is 1. The molecule has 25 heavy (non-hydrogen) atoms. The molecule has 1 N–H and O–H groups in total. The minimum Gasteiger partial charge on any atom is -0.444 e. The number of para-hydroxylation sites is 2. The zero-order chi connectivity index (χ0) is 18.0. The molecule has 136 valence electrons. The van der Waals surface area contributed by atoms with Crippen LogP contribution in [0.2, 0.25) is 0 Å². The number of hydrogen-bond donors (Lipinski definition) is 1. The molecule has 1 aliphatic heterocycles. The molecule has 1 aliphatic rings. The number of aromatic nitrogens is 2. The van der Waals surface area contributed by atoms with Gasteiger partial charge in [0.1, 0.15) is 18.0 Å². The first-order valence-corrected chi connectivity index (χ1v) is 8.90. The van der Waals surface area contributed by atoms with Crippen LogP contribution >= 0.6 is 0 Å².